The molecule has 4 heterocycles. The molecule has 1 amide bonds. The van der Waals surface area contributed by atoms with E-state index in [0.29, 0.717) is 11.8 Å². The van der Waals surface area contributed by atoms with Crippen molar-refractivity contribution < 1.29 is 9.21 Å². The second-order valence-electron chi connectivity index (χ2n) is 7.12. The minimum atomic E-state index is 0.154. The summed E-state index contributed by atoms with van der Waals surface area (Å²) >= 11 is 0. The minimum Gasteiger partial charge on any atom is -0.468 e. The summed E-state index contributed by atoms with van der Waals surface area (Å²) in [5.41, 5.74) is 0. The number of carbonyl (C=O) groups is 1. The lowest BCUT2D eigenvalue weighted by Crippen LogP contribution is -2.45. The highest BCUT2D eigenvalue weighted by Gasteiger charge is 2.32. The van der Waals surface area contributed by atoms with E-state index in [1.807, 2.05) is 17.0 Å². The SMILES string of the molecule is O=C(C1CCN(Cc2ccco2)CC1)N1CCC[C@H](c2ncn[nH]2)C1. The van der Waals surface area contributed by atoms with Crippen LogP contribution >= 0.6 is 0 Å². The molecule has 2 fully saturated rings. The zero-order valence-corrected chi connectivity index (χ0v) is 14.4. The number of nitrogens with zero attached hydrogens (tertiary/aromatic N) is 4. The zero-order valence-electron chi connectivity index (χ0n) is 14.4. The highest BCUT2D eigenvalue weighted by Crippen LogP contribution is 2.27. The van der Waals surface area contributed by atoms with Crippen molar-refractivity contribution in [2.24, 2.45) is 5.92 Å². The zero-order chi connectivity index (χ0) is 17.1. The molecule has 2 aliphatic heterocycles. The Kier molecular flexibility index (Phi) is 4.83. The fourth-order valence-corrected chi connectivity index (χ4v) is 4.03. The van der Waals surface area contributed by atoms with Gasteiger partial charge in [-0.3, -0.25) is 14.8 Å². The van der Waals surface area contributed by atoms with Crippen molar-refractivity contribution in [1.29, 1.82) is 0 Å². The molecule has 2 aromatic rings. The first-order valence-corrected chi connectivity index (χ1v) is 9.18. The molecule has 2 aromatic heterocycles. The van der Waals surface area contributed by atoms with Crippen LogP contribution < -0.4 is 0 Å². The third-order valence-corrected chi connectivity index (χ3v) is 5.45. The van der Waals surface area contributed by atoms with Crippen LogP contribution in [0, 0.1) is 5.92 Å². The van der Waals surface area contributed by atoms with Gasteiger partial charge in [-0.15, -0.1) is 0 Å². The largest absolute Gasteiger partial charge is 0.468 e. The predicted octanol–water partition coefficient (Wildman–Crippen LogP) is 2.02. The van der Waals surface area contributed by atoms with Gasteiger partial charge in [0.2, 0.25) is 5.91 Å². The van der Waals surface area contributed by atoms with Crippen molar-refractivity contribution in [3.8, 4) is 0 Å². The summed E-state index contributed by atoms with van der Waals surface area (Å²) in [5, 5.41) is 6.90. The van der Waals surface area contributed by atoms with Gasteiger partial charge in [-0.1, -0.05) is 0 Å². The summed E-state index contributed by atoms with van der Waals surface area (Å²) in [7, 11) is 0. The van der Waals surface area contributed by atoms with Crippen LogP contribution in [0.2, 0.25) is 0 Å². The number of amides is 1. The lowest BCUT2D eigenvalue weighted by molar-refractivity contribution is -0.138. The number of hydrogen-bond donors (Lipinski definition) is 1. The second-order valence-corrected chi connectivity index (χ2v) is 7.12. The molecule has 0 saturated carbocycles. The number of nitrogens with one attached hydrogen (secondary N) is 1. The van der Waals surface area contributed by atoms with Crippen LogP contribution in [-0.4, -0.2) is 57.1 Å². The Balaban J connectivity index is 1.29. The quantitative estimate of drug-likeness (QED) is 0.919. The van der Waals surface area contributed by atoms with Gasteiger partial charge in [-0.25, -0.2) is 4.98 Å². The predicted molar refractivity (Wildman–Crippen MR) is 91.6 cm³/mol. The van der Waals surface area contributed by atoms with Crippen molar-refractivity contribution in [2.75, 3.05) is 26.2 Å². The Bertz CT molecular complexity index is 662. The van der Waals surface area contributed by atoms with E-state index in [1.165, 1.54) is 0 Å². The van der Waals surface area contributed by atoms with E-state index in [0.717, 1.165) is 70.0 Å². The topological polar surface area (TPSA) is 78.3 Å². The molecule has 1 N–H and O–H groups in total. The molecule has 25 heavy (non-hydrogen) atoms. The van der Waals surface area contributed by atoms with E-state index < -0.39 is 0 Å². The maximum atomic E-state index is 12.9. The van der Waals surface area contributed by atoms with Crippen LogP contribution in [0.4, 0.5) is 0 Å². The Morgan fingerprint density at radius 1 is 1.28 bits per heavy atom. The molecule has 0 radical (unpaired) electrons. The van der Waals surface area contributed by atoms with Gasteiger partial charge in [0.15, 0.2) is 0 Å². The first kappa shape index (κ1) is 16.3. The molecule has 0 spiro atoms. The number of hydrogen-bond acceptors (Lipinski definition) is 5. The average Bonchev–Trinajstić information content (AvgIpc) is 3.36. The van der Waals surface area contributed by atoms with Crippen molar-refractivity contribution in [3.63, 3.8) is 0 Å². The number of rotatable bonds is 4. The summed E-state index contributed by atoms with van der Waals surface area (Å²) in [6.07, 6.45) is 7.23. The van der Waals surface area contributed by atoms with Crippen LogP contribution in [0.25, 0.3) is 0 Å². The molecular weight excluding hydrogens is 318 g/mol. The molecular formula is C18H25N5O2. The summed E-state index contributed by atoms with van der Waals surface area (Å²) < 4.78 is 5.42. The summed E-state index contributed by atoms with van der Waals surface area (Å²) in [6, 6.07) is 3.93. The van der Waals surface area contributed by atoms with Gasteiger partial charge in [-0.2, -0.15) is 5.10 Å². The highest BCUT2D eigenvalue weighted by molar-refractivity contribution is 5.79. The molecule has 2 saturated heterocycles. The van der Waals surface area contributed by atoms with Gasteiger partial charge in [-0.05, 0) is 50.9 Å². The number of carbonyl (C=O) groups excluding carboxylic acids is 1. The summed E-state index contributed by atoms with van der Waals surface area (Å²) in [5.74, 6) is 2.67. The number of aromatic amines is 1. The third kappa shape index (κ3) is 3.76. The van der Waals surface area contributed by atoms with Crippen LogP contribution in [0.1, 0.15) is 43.2 Å². The normalized spacial score (nSPS) is 23.0. The number of piperidine rings is 2. The van der Waals surface area contributed by atoms with Gasteiger partial charge in [0.1, 0.15) is 17.9 Å². The van der Waals surface area contributed by atoms with Crippen LogP contribution in [-0.2, 0) is 11.3 Å². The van der Waals surface area contributed by atoms with Gasteiger partial charge in [0.25, 0.3) is 0 Å². The average molecular weight is 343 g/mol. The molecule has 4 rings (SSSR count). The van der Waals surface area contributed by atoms with Crippen LogP contribution in [0.5, 0.6) is 0 Å². The van der Waals surface area contributed by atoms with E-state index in [1.54, 1.807) is 12.6 Å². The van der Waals surface area contributed by atoms with Gasteiger partial charge >= 0.3 is 0 Å². The lowest BCUT2D eigenvalue weighted by Gasteiger charge is -2.37. The Morgan fingerprint density at radius 2 is 2.16 bits per heavy atom. The number of H-pyrrole nitrogens is 1. The van der Waals surface area contributed by atoms with E-state index in [9.17, 15) is 4.79 Å². The van der Waals surface area contributed by atoms with Gasteiger partial charge in [0, 0.05) is 24.9 Å². The molecule has 0 unspecified atom stereocenters. The number of furan rings is 1. The van der Waals surface area contributed by atoms with Crippen molar-refractivity contribution in [2.45, 2.75) is 38.1 Å². The molecule has 0 aliphatic carbocycles. The van der Waals surface area contributed by atoms with E-state index in [4.69, 9.17) is 4.42 Å². The van der Waals surface area contributed by atoms with E-state index in [-0.39, 0.29) is 5.92 Å². The van der Waals surface area contributed by atoms with Crippen LogP contribution in [0.3, 0.4) is 0 Å². The van der Waals surface area contributed by atoms with E-state index >= 15 is 0 Å². The molecule has 2 aliphatic rings. The molecule has 1 atom stereocenters. The number of aromatic nitrogens is 3. The molecule has 134 valence electrons. The maximum Gasteiger partial charge on any atom is 0.225 e. The Hall–Kier alpha value is -2.15. The van der Waals surface area contributed by atoms with Crippen molar-refractivity contribution in [1.82, 2.24) is 25.0 Å². The second kappa shape index (κ2) is 7.39. The van der Waals surface area contributed by atoms with Gasteiger partial charge in [0.05, 0.1) is 12.8 Å². The molecule has 0 bridgehead atoms. The standard InChI is InChI=1S/C18H25N5O2/c24-18(23-7-1-3-15(11-23)17-19-13-20-21-17)14-5-8-22(9-6-14)12-16-4-2-10-25-16/h2,4,10,13-15H,1,3,5-9,11-12H2,(H,19,20,21)/t15-/m0/s1. The Labute approximate surface area is 147 Å². The monoisotopic (exact) mass is 343 g/mol. The summed E-state index contributed by atoms with van der Waals surface area (Å²) in [4.78, 5) is 21.6. The fraction of sp³-hybridized carbons (Fsp3) is 0.611. The molecule has 0 aromatic carbocycles. The maximum absolute atomic E-state index is 12.9. The lowest BCUT2D eigenvalue weighted by atomic mass is 9.92. The molecule has 7 nitrogen and oxygen atoms in total. The Morgan fingerprint density at radius 3 is 2.88 bits per heavy atom. The number of likely N-dealkylation sites (tertiary alicyclic amines) is 2. The first-order valence-electron chi connectivity index (χ1n) is 9.18. The van der Waals surface area contributed by atoms with Gasteiger partial charge < -0.3 is 9.32 Å². The molecule has 7 heteroatoms. The highest BCUT2D eigenvalue weighted by atomic mass is 16.3. The van der Waals surface area contributed by atoms with Crippen LogP contribution in [0.15, 0.2) is 29.1 Å². The minimum absolute atomic E-state index is 0.154. The third-order valence-electron chi connectivity index (χ3n) is 5.45. The fourth-order valence-electron chi connectivity index (χ4n) is 4.03. The van der Waals surface area contributed by atoms with Crippen molar-refractivity contribution >= 4 is 5.91 Å². The van der Waals surface area contributed by atoms with Crippen molar-refractivity contribution in [3.05, 3.63) is 36.3 Å². The first-order chi connectivity index (χ1) is 12.3. The summed E-state index contributed by atoms with van der Waals surface area (Å²) in [6.45, 7) is 4.38. The smallest absolute Gasteiger partial charge is 0.225 e. The van der Waals surface area contributed by atoms with E-state index in [2.05, 4.69) is 20.1 Å².